The van der Waals surface area contributed by atoms with Crippen molar-refractivity contribution in [1.29, 1.82) is 0 Å². The molecule has 17 heavy (non-hydrogen) atoms. The van der Waals surface area contributed by atoms with Crippen LogP contribution in [0.5, 0.6) is 0 Å². The van der Waals surface area contributed by atoms with Crippen LogP contribution in [0.2, 0.25) is 0 Å². The summed E-state index contributed by atoms with van der Waals surface area (Å²) in [6.07, 6.45) is 1.32. The molecule has 5 heteroatoms. The van der Waals surface area contributed by atoms with Crippen molar-refractivity contribution in [2.75, 3.05) is 12.8 Å². The van der Waals surface area contributed by atoms with Crippen LogP contribution in [0.15, 0.2) is 43.0 Å². The van der Waals surface area contributed by atoms with E-state index in [9.17, 15) is 9.36 Å². The number of carboxylic acids is 1. The molecule has 0 spiro atoms. The third-order valence-electron chi connectivity index (χ3n) is 2.17. The Hall–Kier alpha value is -1.38. The first kappa shape index (κ1) is 13.7. The fourth-order valence-corrected chi connectivity index (χ4v) is 3.33. The topological polar surface area (TPSA) is 63.6 Å². The summed E-state index contributed by atoms with van der Waals surface area (Å²) in [5.74, 6) is -0.983. The van der Waals surface area contributed by atoms with Crippen molar-refractivity contribution < 1.29 is 19.0 Å². The van der Waals surface area contributed by atoms with Crippen molar-refractivity contribution in [3.63, 3.8) is 0 Å². The average molecular weight is 254 g/mol. The molecule has 0 saturated heterocycles. The Kier molecular flexibility index (Phi) is 5.13. The van der Waals surface area contributed by atoms with Gasteiger partial charge in [-0.15, -0.1) is 6.58 Å². The average Bonchev–Trinajstić information content (AvgIpc) is 2.35. The number of aliphatic carboxylic acids is 1. The van der Waals surface area contributed by atoms with Gasteiger partial charge in [-0.05, 0) is 12.1 Å². The maximum atomic E-state index is 12.5. The molecule has 1 N–H and O–H groups in total. The summed E-state index contributed by atoms with van der Waals surface area (Å²) in [7, 11) is -3.09. The van der Waals surface area contributed by atoms with Gasteiger partial charge in [0, 0.05) is 11.5 Å². The molecule has 0 radical (unpaired) electrons. The molecule has 4 nitrogen and oxygen atoms in total. The highest BCUT2D eigenvalue weighted by Crippen LogP contribution is 2.46. The molecule has 0 amide bonds. The van der Waals surface area contributed by atoms with Crippen LogP contribution in [0.1, 0.15) is 6.42 Å². The quantitative estimate of drug-likeness (QED) is 0.598. The predicted molar refractivity (Wildman–Crippen MR) is 67.0 cm³/mol. The Morgan fingerprint density at radius 2 is 2.06 bits per heavy atom. The lowest BCUT2D eigenvalue weighted by Gasteiger charge is -2.17. The third-order valence-corrected chi connectivity index (χ3v) is 4.63. The molecule has 0 fully saturated rings. The number of hydrogen-bond acceptors (Lipinski definition) is 3. The molecule has 92 valence electrons. The molecular formula is C12H15O4P. The minimum atomic E-state index is -3.09. The smallest absolute Gasteiger partial charge is 0.303 e. The van der Waals surface area contributed by atoms with Gasteiger partial charge in [0.1, 0.15) is 0 Å². The molecule has 0 aliphatic heterocycles. The van der Waals surface area contributed by atoms with Crippen molar-refractivity contribution in [3.05, 3.63) is 43.0 Å². The second-order valence-corrected chi connectivity index (χ2v) is 6.03. The summed E-state index contributed by atoms with van der Waals surface area (Å²) in [5, 5.41) is 9.20. The van der Waals surface area contributed by atoms with Crippen LogP contribution in [0.4, 0.5) is 0 Å². The highest BCUT2D eigenvalue weighted by molar-refractivity contribution is 7.67. The lowest BCUT2D eigenvalue weighted by molar-refractivity contribution is -0.136. The van der Waals surface area contributed by atoms with Crippen LogP contribution in [0, 0.1) is 0 Å². The van der Waals surface area contributed by atoms with Crippen LogP contribution in [-0.2, 0) is 13.9 Å². The standard InChI is InChI=1S/C12H15O4P/c1-2-9-16-17(15,10-8-12(13)14)11-6-4-3-5-7-11/h2-7H,1,8-10H2,(H,13,14). The first-order chi connectivity index (χ1) is 8.08. The highest BCUT2D eigenvalue weighted by Gasteiger charge is 2.26. The Morgan fingerprint density at radius 3 is 2.59 bits per heavy atom. The molecule has 0 saturated carbocycles. The van der Waals surface area contributed by atoms with Gasteiger partial charge >= 0.3 is 5.97 Å². The molecule has 1 atom stereocenters. The van der Waals surface area contributed by atoms with Gasteiger partial charge in [-0.25, -0.2) is 0 Å². The Morgan fingerprint density at radius 1 is 1.41 bits per heavy atom. The zero-order chi connectivity index (χ0) is 12.7. The summed E-state index contributed by atoms with van der Waals surface area (Å²) < 4.78 is 17.8. The fraction of sp³-hybridized carbons (Fsp3) is 0.250. The van der Waals surface area contributed by atoms with Crippen molar-refractivity contribution in [1.82, 2.24) is 0 Å². The van der Waals surface area contributed by atoms with E-state index in [4.69, 9.17) is 9.63 Å². The molecule has 1 aromatic carbocycles. The summed E-state index contributed by atoms with van der Waals surface area (Å²) in [5.41, 5.74) is 0. The van der Waals surface area contributed by atoms with E-state index in [2.05, 4.69) is 6.58 Å². The molecule has 0 heterocycles. The monoisotopic (exact) mass is 254 g/mol. The molecule has 1 aromatic rings. The molecule has 0 aliphatic rings. The SMILES string of the molecule is C=CCOP(=O)(CCC(=O)O)c1ccccc1. The fourth-order valence-electron chi connectivity index (χ4n) is 1.34. The van der Waals surface area contributed by atoms with E-state index in [1.165, 1.54) is 6.08 Å². The second kappa shape index (κ2) is 6.38. The molecule has 1 unspecified atom stereocenters. The van der Waals surface area contributed by atoms with Crippen molar-refractivity contribution in [3.8, 4) is 0 Å². The van der Waals surface area contributed by atoms with Gasteiger partial charge in [0.05, 0.1) is 13.0 Å². The van der Waals surface area contributed by atoms with Crippen molar-refractivity contribution in [2.24, 2.45) is 0 Å². The molecule has 0 aromatic heterocycles. The van der Waals surface area contributed by atoms with Crippen LogP contribution >= 0.6 is 7.37 Å². The van der Waals surface area contributed by atoms with Crippen LogP contribution in [0.3, 0.4) is 0 Å². The van der Waals surface area contributed by atoms with E-state index >= 15 is 0 Å². The van der Waals surface area contributed by atoms with E-state index in [0.717, 1.165) is 0 Å². The van der Waals surface area contributed by atoms with Gasteiger partial charge in [0.15, 0.2) is 0 Å². The van der Waals surface area contributed by atoms with Gasteiger partial charge in [0.2, 0.25) is 7.37 Å². The van der Waals surface area contributed by atoms with E-state index in [0.29, 0.717) is 5.30 Å². The molecular weight excluding hydrogens is 239 g/mol. The molecule has 0 aliphatic carbocycles. The van der Waals surface area contributed by atoms with Crippen LogP contribution < -0.4 is 5.30 Å². The first-order valence-corrected chi connectivity index (χ1v) is 7.01. The number of hydrogen-bond donors (Lipinski definition) is 1. The number of carboxylic acid groups (broad SMARTS) is 1. The maximum absolute atomic E-state index is 12.5. The highest BCUT2D eigenvalue weighted by atomic mass is 31.2. The Labute approximate surface area is 100 Å². The van der Waals surface area contributed by atoms with Crippen molar-refractivity contribution in [2.45, 2.75) is 6.42 Å². The molecule has 0 bridgehead atoms. The Balaban J connectivity index is 2.89. The van der Waals surface area contributed by atoms with Crippen LogP contribution in [0.25, 0.3) is 0 Å². The minimum Gasteiger partial charge on any atom is -0.481 e. The normalized spacial score (nSPS) is 13.9. The van der Waals surface area contributed by atoms with Gasteiger partial charge in [-0.3, -0.25) is 9.36 Å². The summed E-state index contributed by atoms with van der Waals surface area (Å²) >= 11 is 0. The summed E-state index contributed by atoms with van der Waals surface area (Å²) in [6, 6.07) is 8.68. The van der Waals surface area contributed by atoms with E-state index in [-0.39, 0.29) is 19.2 Å². The maximum Gasteiger partial charge on any atom is 0.303 e. The van der Waals surface area contributed by atoms with Crippen molar-refractivity contribution >= 4 is 18.6 Å². The zero-order valence-corrected chi connectivity index (χ0v) is 10.3. The van der Waals surface area contributed by atoms with Gasteiger partial charge in [-0.2, -0.15) is 0 Å². The second-order valence-electron chi connectivity index (χ2n) is 3.46. The van der Waals surface area contributed by atoms with Gasteiger partial charge < -0.3 is 9.63 Å². The summed E-state index contributed by atoms with van der Waals surface area (Å²) in [4.78, 5) is 10.6. The van der Waals surface area contributed by atoms with E-state index in [1.807, 2.05) is 0 Å². The van der Waals surface area contributed by atoms with E-state index < -0.39 is 13.3 Å². The van der Waals surface area contributed by atoms with E-state index in [1.54, 1.807) is 30.3 Å². The number of carbonyl (C=O) groups is 1. The Bertz CT molecular complexity index is 427. The first-order valence-electron chi connectivity index (χ1n) is 5.20. The largest absolute Gasteiger partial charge is 0.481 e. The van der Waals surface area contributed by atoms with Crippen LogP contribution in [-0.4, -0.2) is 23.8 Å². The van der Waals surface area contributed by atoms with Gasteiger partial charge in [-0.1, -0.05) is 24.3 Å². The third kappa shape index (κ3) is 4.17. The summed E-state index contributed by atoms with van der Waals surface area (Å²) in [6.45, 7) is 3.63. The lowest BCUT2D eigenvalue weighted by Crippen LogP contribution is -2.12. The zero-order valence-electron chi connectivity index (χ0n) is 9.41. The number of rotatable bonds is 7. The number of benzene rings is 1. The van der Waals surface area contributed by atoms with Gasteiger partial charge in [0.25, 0.3) is 0 Å². The minimum absolute atomic E-state index is 0.000185. The predicted octanol–water partition coefficient (Wildman–Crippen LogP) is 2.27. The lowest BCUT2D eigenvalue weighted by atomic mass is 10.4. The molecule has 1 rings (SSSR count).